The maximum Gasteiger partial charge on any atom is 0.277 e. The number of rotatable bonds is 4. The molecule has 0 aliphatic heterocycles. The van der Waals surface area contributed by atoms with Crippen LogP contribution in [0.3, 0.4) is 0 Å². The Morgan fingerprint density at radius 3 is 3.00 bits per heavy atom. The second-order valence-electron chi connectivity index (χ2n) is 4.18. The summed E-state index contributed by atoms with van der Waals surface area (Å²) < 4.78 is 5.29. The van der Waals surface area contributed by atoms with Crippen molar-refractivity contribution in [3.8, 4) is 11.6 Å². The van der Waals surface area contributed by atoms with Crippen molar-refractivity contribution in [3.05, 3.63) is 42.4 Å². The van der Waals surface area contributed by atoms with Gasteiger partial charge in [0.2, 0.25) is 0 Å². The summed E-state index contributed by atoms with van der Waals surface area (Å²) >= 11 is 0. The molecule has 0 radical (unpaired) electrons. The van der Waals surface area contributed by atoms with Crippen LogP contribution in [0.25, 0.3) is 22.4 Å². The highest BCUT2D eigenvalue weighted by Crippen LogP contribution is 2.24. The smallest absolute Gasteiger partial charge is 0.277 e. The molecule has 0 saturated heterocycles. The number of benzene rings is 1. The molecule has 5 heteroatoms. The maximum atomic E-state index is 5.29. The zero-order chi connectivity index (χ0) is 13.1. The number of hydrogen-bond acceptors (Lipinski definition) is 5. The standard InChI is InChI=1S/C14H14N4O/c1-2-15-9-12-17-14(19-18-12)13-11-6-4-3-5-10(11)7-8-16-13/h3-8,15H,2,9H2,1H3. The Morgan fingerprint density at radius 2 is 2.11 bits per heavy atom. The molecule has 2 heterocycles. The molecule has 0 saturated carbocycles. The number of hydrogen-bond donors (Lipinski definition) is 1. The van der Waals surface area contributed by atoms with Crippen LogP contribution >= 0.6 is 0 Å². The Balaban J connectivity index is 2.02. The molecule has 19 heavy (non-hydrogen) atoms. The third-order valence-corrected chi connectivity index (χ3v) is 2.88. The summed E-state index contributed by atoms with van der Waals surface area (Å²) in [5, 5.41) is 9.24. The van der Waals surface area contributed by atoms with Crippen LogP contribution in [0.1, 0.15) is 12.7 Å². The summed E-state index contributed by atoms with van der Waals surface area (Å²) in [6.45, 7) is 3.51. The molecule has 1 aromatic carbocycles. The van der Waals surface area contributed by atoms with Gasteiger partial charge in [-0.2, -0.15) is 4.98 Å². The van der Waals surface area contributed by atoms with Gasteiger partial charge >= 0.3 is 0 Å². The van der Waals surface area contributed by atoms with Gasteiger partial charge in [-0.25, -0.2) is 0 Å². The van der Waals surface area contributed by atoms with Crippen molar-refractivity contribution >= 4 is 10.8 Å². The van der Waals surface area contributed by atoms with Crippen LogP contribution in [0, 0.1) is 0 Å². The maximum absolute atomic E-state index is 5.29. The van der Waals surface area contributed by atoms with Gasteiger partial charge in [0, 0.05) is 11.6 Å². The minimum Gasteiger partial charge on any atom is -0.332 e. The Hall–Kier alpha value is -2.27. The van der Waals surface area contributed by atoms with E-state index in [1.807, 2.05) is 37.3 Å². The summed E-state index contributed by atoms with van der Waals surface area (Å²) in [4.78, 5) is 8.72. The van der Waals surface area contributed by atoms with Crippen LogP contribution in [0.5, 0.6) is 0 Å². The third kappa shape index (κ3) is 2.32. The van der Waals surface area contributed by atoms with Crippen molar-refractivity contribution in [1.82, 2.24) is 20.4 Å². The largest absolute Gasteiger partial charge is 0.332 e. The molecule has 0 aliphatic carbocycles. The molecule has 0 fully saturated rings. The predicted octanol–water partition coefficient (Wildman–Crippen LogP) is 2.39. The summed E-state index contributed by atoms with van der Waals surface area (Å²) in [5.74, 6) is 1.11. The van der Waals surface area contributed by atoms with E-state index >= 15 is 0 Å². The summed E-state index contributed by atoms with van der Waals surface area (Å²) in [7, 11) is 0. The van der Waals surface area contributed by atoms with Gasteiger partial charge in [-0.15, -0.1) is 0 Å². The highest BCUT2D eigenvalue weighted by atomic mass is 16.5. The first kappa shape index (κ1) is 11.8. The fourth-order valence-electron chi connectivity index (χ4n) is 1.95. The van der Waals surface area contributed by atoms with Crippen LogP contribution in [0.2, 0.25) is 0 Å². The Labute approximate surface area is 110 Å². The third-order valence-electron chi connectivity index (χ3n) is 2.88. The van der Waals surface area contributed by atoms with E-state index < -0.39 is 0 Å². The fraction of sp³-hybridized carbons (Fsp3) is 0.214. The number of nitrogens with zero attached hydrogens (tertiary/aromatic N) is 3. The van der Waals surface area contributed by atoms with Gasteiger partial charge < -0.3 is 9.84 Å². The lowest BCUT2D eigenvalue weighted by Crippen LogP contribution is -2.12. The van der Waals surface area contributed by atoms with Crippen LogP contribution in [0.4, 0.5) is 0 Å². The van der Waals surface area contributed by atoms with Gasteiger partial charge in [-0.1, -0.05) is 36.3 Å². The van der Waals surface area contributed by atoms with Gasteiger partial charge in [0.25, 0.3) is 5.89 Å². The van der Waals surface area contributed by atoms with Crippen LogP contribution in [-0.4, -0.2) is 21.7 Å². The first-order chi connectivity index (χ1) is 9.38. The summed E-state index contributed by atoms with van der Waals surface area (Å²) in [6, 6.07) is 9.98. The molecule has 2 aromatic heterocycles. The zero-order valence-electron chi connectivity index (χ0n) is 10.6. The highest BCUT2D eigenvalue weighted by molar-refractivity contribution is 5.92. The Bertz CT molecular complexity index is 687. The number of fused-ring (bicyclic) bond motifs is 1. The average molecular weight is 254 g/mol. The molecule has 5 nitrogen and oxygen atoms in total. The van der Waals surface area contributed by atoms with Crippen molar-refractivity contribution in [2.75, 3.05) is 6.54 Å². The lowest BCUT2D eigenvalue weighted by Gasteiger charge is -2.00. The molecule has 0 unspecified atom stereocenters. The first-order valence-corrected chi connectivity index (χ1v) is 6.26. The molecule has 0 amide bonds. The molecule has 0 atom stereocenters. The van der Waals surface area contributed by atoms with Gasteiger partial charge in [0.15, 0.2) is 5.82 Å². The van der Waals surface area contributed by atoms with E-state index in [0.29, 0.717) is 18.3 Å². The zero-order valence-corrected chi connectivity index (χ0v) is 10.6. The van der Waals surface area contributed by atoms with Crippen molar-refractivity contribution in [3.63, 3.8) is 0 Å². The summed E-state index contributed by atoms with van der Waals surface area (Å²) in [5.41, 5.74) is 0.730. The number of pyridine rings is 1. The monoisotopic (exact) mass is 254 g/mol. The number of nitrogens with one attached hydrogen (secondary N) is 1. The highest BCUT2D eigenvalue weighted by Gasteiger charge is 2.12. The van der Waals surface area contributed by atoms with Gasteiger partial charge in [-0.05, 0) is 18.0 Å². The van der Waals surface area contributed by atoms with Gasteiger partial charge in [0.05, 0.1) is 6.54 Å². The lowest BCUT2D eigenvalue weighted by molar-refractivity contribution is 0.419. The topological polar surface area (TPSA) is 63.8 Å². The molecular formula is C14H14N4O. The van der Waals surface area contributed by atoms with Crippen molar-refractivity contribution < 1.29 is 4.52 Å². The quantitative estimate of drug-likeness (QED) is 0.774. The van der Waals surface area contributed by atoms with Crippen molar-refractivity contribution in [1.29, 1.82) is 0 Å². The lowest BCUT2D eigenvalue weighted by atomic mass is 10.1. The SMILES string of the molecule is CCNCc1noc(-c2nccc3ccccc23)n1. The van der Waals surface area contributed by atoms with E-state index in [1.165, 1.54) is 0 Å². The molecule has 1 N–H and O–H groups in total. The molecule has 0 aliphatic rings. The van der Waals surface area contributed by atoms with E-state index in [-0.39, 0.29) is 0 Å². The molecule has 96 valence electrons. The predicted molar refractivity (Wildman–Crippen MR) is 72.4 cm³/mol. The van der Waals surface area contributed by atoms with Gasteiger partial charge in [-0.3, -0.25) is 4.98 Å². The molecule has 3 aromatic rings. The second kappa shape index (κ2) is 5.16. The summed E-state index contributed by atoms with van der Waals surface area (Å²) in [6.07, 6.45) is 1.76. The van der Waals surface area contributed by atoms with Crippen LogP contribution in [-0.2, 0) is 6.54 Å². The molecule has 3 rings (SSSR count). The molecule has 0 spiro atoms. The van der Waals surface area contributed by atoms with Gasteiger partial charge in [0.1, 0.15) is 5.69 Å². The fourth-order valence-corrected chi connectivity index (χ4v) is 1.95. The Morgan fingerprint density at radius 1 is 1.21 bits per heavy atom. The van der Waals surface area contributed by atoms with Crippen molar-refractivity contribution in [2.45, 2.75) is 13.5 Å². The van der Waals surface area contributed by atoms with Crippen LogP contribution < -0.4 is 5.32 Å². The Kier molecular flexibility index (Phi) is 3.20. The van der Waals surface area contributed by atoms with E-state index in [0.717, 1.165) is 23.0 Å². The van der Waals surface area contributed by atoms with E-state index in [9.17, 15) is 0 Å². The van der Waals surface area contributed by atoms with Crippen molar-refractivity contribution in [2.24, 2.45) is 0 Å². The van der Waals surface area contributed by atoms with E-state index in [2.05, 4.69) is 20.4 Å². The number of aromatic nitrogens is 3. The minimum absolute atomic E-state index is 0.463. The second-order valence-corrected chi connectivity index (χ2v) is 4.18. The van der Waals surface area contributed by atoms with E-state index in [4.69, 9.17) is 4.52 Å². The molecule has 0 bridgehead atoms. The average Bonchev–Trinajstić information content (AvgIpc) is 2.93. The van der Waals surface area contributed by atoms with Crippen LogP contribution in [0.15, 0.2) is 41.1 Å². The minimum atomic E-state index is 0.463. The molecular weight excluding hydrogens is 240 g/mol. The first-order valence-electron chi connectivity index (χ1n) is 6.26. The van der Waals surface area contributed by atoms with E-state index in [1.54, 1.807) is 6.20 Å². The normalized spacial score (nSPS) is 11.0.